The Labute approximate surface area is 834 Å². The predicted molar refractivity (Wildman–Crippen MR) is 474 cm³/mol. The number of carbonyl (C=O) groups is 2. The highest BCUT2D eigenvalue weighted by Gasteiger charge is 2.74. The van der Waals surface area contributed by atoms with E-state index in [1.165, 1.54) is 0 Å². The van der Waals surface area contributed by atoms with Gasteiger partial charge >= 0.3 is 11.9 Å². The molecule has 0 aromatic carbocycles. The molecule has 30 N–H and O–H groups in total. The van der Waals surface area contributed by atoms with Crippen molar-refractivity contribution >= 4 is 11.9 Å². The number of hydrogen-bond donors (Lipinski definition) is 30. The van der Waals surface area contributed by atoms with E-state index in [0.717, 1.165) is 12.0 Å². The monoisotopic (exact) mass is 2090 g/mol. The number of carbonyl (C=O) groups excluding carboxylic acids is 2. The topological polar surface area (TPSA) is 807 Å². The summed E-state index contributed by atoms with van der Waals surface area (Å²) < 4.78 is 109. The van der Waals surface area contributed by atoms with Gasteiger partial charge in [-0.3, -0.25) is 9.59 Å². The first-order chi connectivity index (χ1) is 68.5. The van der Waals surface area contributed by atoms with Crippen LogP contribution in [0.5, 0.6) is 0 Å². The maximum absolute atomic E-state index is 14.9. The summed E-state index contributed by atoms with van der Waals surface area (Å²) in [6.45, 7) is 11.7. The summed E-state index contributed by atoms with van der Waals surface area (Å²) in [4.78, 5) is 29.2. The fourth-order valence-corrected chi connectivity index (χ4v) is 28.7. The quantitative estimate of drug-likeness (QED) is 0.0206. The standard InChI is InChI=1S/C50H80O28.C45H72O22/c1-18-11-49-9-5-24-47(2,7-4-8-48(24,3)46(68)77-44-39(34(64)29(59)22(15-54)72-44)75-42-36(66)32(62)27(57)20(13-52)70-42)25(49)6-10-50(18,17-49)78-45-40(76-43-37(67)33(63)28(58)21(14-53)71-43)38(30(60)23(16-55)73-45)74-41-35(65)31(61)26(56)19(12-51)69-41;1-18-12-44-10-6-24-42(3,8-5-9-43(24,4)41(59)66-39-34(58)31(55)28(52)22(15-48)62-39)25(44)7-11-45(18,17-44)67-40-36(65-37-32(56)26(50)19(2)20(13-46)60-37)35(29(53)23(16-49)63-40)64-38-33(57)30(54)27(51)21(14-47)61-38/h19-45,51-67H,1,4-17H2,2-3H3;19-40,46-58H,1,5-17H2,2-4H3/t19-,20-,21-,22-,23-,24+,25+,26-,27-,28-,29-,30-,31+,32+,33+,34+,35-,36-,37-,38+,39-,40-,41+,42+,43+,44?,45+,47-,48-,49-,50+;19-,20-,21-,22-,23-,24+,25+,26+,27-,28-,29-,30+,31+,32-,33-,34-,35+,36-,37+,38+,39?,40+,42-,43-,44-,45+/m11/s1. The van der Waals surface area contributed by atoms with E-state index >= 15 is 0 Å². The molecule has 17 fully saturated rings. The third-order valence-corrected chi connectivity index (χ3v) is 36.7. The van der Waals surface area contributed by atoms with E-state index in [0.29, 0.717) is 115 Å². The van der Waals surface area contributed by atoms with Crippen LogP contribution in [0, 0.1) is 62.1 Å². The van der Waals surface area contributed by atoms with Gasteiger partial charge in [0.1, 0.15) is 195 Å². The van der Waals surface area contributed by atoms with Crippen molar-refractivity contribution in [3.05, 3.63) is 24.3 Å². The van der Waals surface area contributed by atoms with E-state index < -0.39 is 386 Å². The molecule has 8 aliphatic carbocycles. The number of fused-ring (bicyclic) bond motifs is 6. The lowest BCUT2D eigenvalue weighted by Crippen LogP contribution is -2.68. The summed E-state index contributed by atoms with van der Waals surface area (Å²) in [7, 11) is 0. The fraction of sp³-hybridized carbons (Fsp3) is 0.937. The zero-order chi connectivity index (χ0) is 105. The van der Waals surface area contributed by atoms with E-state index in [4.69, 9.17) is 85.3 Å². The number of aliphatic hydroxyl groups is 30. The maximum Gasteiger partial charge on any atom is 0.314 e. The Morgan fingerprint density at radius 3 is 0.862 bits per heavy atom. The van der Waals surface area contributed by atoms with Crippen LogP contribution in [0.15, 0.2) is 24.3 Å². The molecule has 145 heavy (non-hydrogen) atoms. The van der Waals surface area contributed by atoms with Crippen molar-refractivity contribution in [3.8, 4) is 0 Å². The largest absolute Gasteiger partial charge is 0.432 e. The SMILES string of the molecule is C=C1C[C@@]23CC[C@H]4[C@@](C)(CCC[C@@]4(C)C(=O)OC4O[C@H](CO)[C@@H](O)[C@H](O)[C@H]4O)[C@@H]2CC[C@]1(O[C@@H]1O[C@H](CO)[C@@H](O)[C@H](O[C@@H]2O[C@H](CO)[C@@H](O)[C@H](O)[C@H]2O)[C@H]1O[C@@H]1O[C@H](CO)[C@@H](C)[C@H](O)[C@H]1O)C3.C=C1C[C@@]23CC[C@H]4[C@@](C)(CCC[C@@]4(C)C(=O)OC4O[C@H](CO)[C@@H](O)[C@H](O)[C@H]4O[C@@H]4O[C@H](CO)[C@@H](O)[C@H](O)[C@H]4O)[C@@H]2CC[C@]1(O[C@@H]1O[C@H](CO)[C@@H](O)[C@H](O[C@@H]2O[C@H](CO)[C@@H](O)[C@H](O)[C@H]2O)[C@H]1O[C@@H]1O[C@H](CO)[C@@H](O)[C@H](O)[C@H]1O)C3. The van der Waals surface area contributed by atoms with Gasteiger partial charge in [-0.1, -0.05) is 46.8 Å². The van der Waals surface area contributed by atoms with Gasteiger partial charge in [0.05, 0.1) is 93.7 Å². The highest BCUT2D eigenvalue weighted by Crippen LogP contribution is 2.76. The Hall–Kier alpha value is -3.42. The van der Waals surface area contributed by atoms with Gasteiger partial charge in [-0.2, -0.15) is 0 Å². The summed E-state index contributed by atoms with van der Waals surface area (Å²) in [5.41, 5.74) is -5.00. The van der Waals surface area contributed by atoms with Crippen molar-refractivity contribution in [1.82, 2.24) is 0 Å². The van der Waals surface area contributed by atoms with Crippen LogP contribution in [0.4, 0.5) is 0 Å². The lowest BCUT2D eigenvalue weighted by atomic mass is 9.41. The van der Waals surface area contributed by atoms with Gasteiger partial charge < -0.3 is 238 Å². The molecule has 8 saturated carbocycles. The second-order valence-corrected chi connectivity index (χ2v) is 44.8. The summed E-state index contributed by atoms with van der Waals surface area (Å²) >= 11 is 0. The van der Waals surface area contributed by atoms with Gasteiger partial charge in [0.15, 0.2) is 50.1 Å². The first-order valence-electron chi connectivity index (χ1n) is 50.6. The van der Waals surface area contributed by atoms with Crippen LogP contribution in [0.3, 0.4) is 0 Å². The Morgan fingerprint density at radius 1 is 0.276 bits per heavy atom. The van der Waals surface area contributed by atoms with Gasteiger partial charge in [-0.15, -0.1) is 0 Å². The minimum absolute atomic E-state index is 0.0488. The number of ether oxygens (including phenoxy) is 18. The molecule has 0 amide bonds. The molecular formula is C95H152O50. The van der Waals surface area contributed by atoms with Crippen LogP contribution < -0.4 is 0 Å². The van der Waals surface area contributed by atoms with Gasteiger partial charge in [-0.05, 0) is 173 Å². The van der Waals surface area contributed by atoms with Gasteiger partial charge in [0.25, 0.3) is 0 Å². The maximum atomic E-state index is 14.9. The Morgan fingerprint density at radius 2 is 0.531 bits per heavy atom. The van der Waals surface area contributed by atoms with Crippen LogP contribution in [-0.4, -0.2) is 506 Å². The Kier molecular flexibility index (Phi) is 34.9. The molecule has 50 heteroatoms. The van der Waals surface area contributed by atoms with Crippen molar-refractivity contribution in [2.45, 2.75) is 432 Å². The average Bonchev–Trinajstić information content (AvgIpc) is 1.53. The van der Waals surface area contributed by atoms with Crippen molar-refractivity contribution in [2.75, 3.05) is 59.5 Å². The molecule has 4 bridgehead atoms. The van der Waals surface area contributed by atoms with Crippen LogP contribution in [-0.2, 0) is 94.9 Å². The van der Waals surface area contributed by atoms with Gasteiger partial charge in [-0.25, -0.2) is 0 Å². The number of rotatable bonds is 27. The van der Waals surface area contributed by atoms with Crippen molar-refractivity contribution in [3.63, 3.8) is 0 Å². The predicted octanol–water partition coefficient (Wildman–Crippen LogP) is -11.1. The van der Waals surface area contributed by atoms with E-state index in [-0.39, 0.29) is 29.1 Å². The minimum atomic E-state index is -1.99. The van der Waals surface area contributed by atoms with Gasteiger partial charge in [0, 0.05) is 5.92 Å². The smallest absolute Gasteiger partial charge is 0.314 e. The summed E-state index contributed by atoms with van der Waals surface area (Å²) in [6, 6.07) is 0. The first-order valence-corrected chi connectivity index (χ1v) is 50.6. The first kappa shape index (κ1) is 114. The normalized spacial score (nSPS) is 54.5. The average molecular weight is 2090 g/mol. The number of aliphatic hydroxyl groups excluding tert-OH is 30. The number of esters is 2. The third-order valence-electron chi connectivity index (χ3n) is 36.7. The molecule has 50 nitrogen and oxygen atoms in total. The van der Waals surface area contributed by atoms with Crippen molar-refractivity contribution < 1.29 is 248 Å². The summed E-state index contributed by atoms with van der Waals surface area (Å²) in [6.07, 6.45) is -65.3. The molecule has 2 spiro atoms. The van der Waals surface area contributed by atoms with Crippen LogP contribution in [0.2, 0.25) is 0 Å². The molecule has 832 valence electrons. The van der Waals surface area contributed by atoms with Crippen LogP contribution >= 0.6 is 0 Å². The lowest BCUT2D eigenvalue weighted by Gasteiger charge is -2.64. The second-order valence-electron chi connectivity index (χ2n) is 44.8. The summed E-state index contributed by atoms with van der Waals surface area (Å²) in [5.74, 6) is -2.63. The molecule has 17 aliphatic rings. The highest BCUT2D eigenvalue weighted by molar-refractivity contribution is 5.78. The van der Waals surface area contributed by atoms with E-state index in [2.05, 4.69) is 27.0 Å². The van der Waals surface area contributed by atoms with Crippen molar-refractivity contribution in [2.24, 2.45) is 62.1 Å². The molecule has 57 atom stereocenters. The molecule has 2 unspecified atom stereocenters. The molecule has 0 aromatic rings. The van der Waals surface area contributed by atoms with Crippen LogP contribution in [0.1, 0.15) is 150 Å². The summed E-state index contributed by atoms with van der Waals surface area (Å²) in [5, 5.41) is 319. The Bertz CT molecular complexity index is 4350. The molecule has 0 radical (unpaired) electrons. The zero-order valence-electron chi connectivity index (χ0n) is 81.4. The Balaban J connectivity index is 0.000000210. The van der Waals surface area contributed by atoms with Crippen LogP contribution in [0.25, 0.3) is 0 Å². The highest BCUT2D eigenvalue weighted by atomic mass is 16.8. The minimum Gasteiger partial charge on any atom is -0.432 e. The lowest BCUT2D eigenvalue weighted by molar-refractivity contribution is -0.400. The fourth-order valence-electron chi connectivity index (χ4n) is 28.7. The molecule has 0 aromatic heterocycles. The molecule has 9 heterocycles. The van der Waals surface area contributed by atoms with Gasteiger partial charge in [0.2, 0.25) is 12.6 Å². The molecule has 9 aliphatic heterocycles. The van der Waals surface area contributed by atoms with Crippen molar-refractivity contribution in [1.29, 1.82) is 0 Å². The van der Waals surface area contributed by atoms with E-state index in [1.54, 1.807) is 13.8 Å². The molecule has 9 saturated heterocycles. The second kappa shape index (κ2) is 44.3. The molecular weight excluding hydrogens is 1940 g/mol. The zero-order valence-corrected chi connectivity index (χ0v) is 81.4. The number of hydrogen-bond acceptors (Lipinski definition) is 50. The van der Waals surface area contributed by atoms with E-state index in [9.17, 15) is 163 Å². The third kappa shape index (κ3) is 20.1. The van der Waals surface area contributed by atoms with E-state index in [1.807, 2.05) is 6.92 Å². The molecule has 17 rings (SSSR count).